The first-order chi connectivity index (χ1) is 11.0. The molecule has 0 fully saturated rings. The Morgan fingerprint density at radius 3 is 2.74 bits per heavy atom. The van der Waals surface area contributed by atoms with E-state index in [-0.39, 0.29) is 17.5 Å². The average Bonchev–Trinajstić information content (AvgIpc) is 2.92. The normalized spacial score (nSPS) is 12.5. The zero-order valence-corrected chi connectivity index (χ0v) is 13.4. The van der Waals surface area contributed by atoms with Gasteiger partial charge in [-0.15, -0.1) is 0 Å². The van der Waals surface area contributed by atoms with Crippen LogP contribution in [0, 0.1) is 18.7 Å². The first kappa shape index (κ1) is 15.3. The number of pyridine rings is 1. The molecule has 0 bridgehead atoms. The number of benzene rings is 1. The fourth-order valence-electron chi connectivity index (χ4n) is 2.47. The average molecular weight is 311 g/mol. The maximum Gasteiger partial charge on any atom is 0.134 e. The van der Waals surface area contributed by atoms with E-state index in [0.29, 0.717) is 12.1 Å². The minimum absolute atomic E-state index is 0.102. The van der Waals surface area contributed by atoms with E-state index in [9.17, 15) is 9.18 Å². The predicted octanol–water partition coefficient (Wildman–Crippen LogP) is 3.77. The van der Waals surface area contributed by atoms with Crippen molar-refractivity contribution in [2.24, 2.45) is 5.92 Å². The third-order valence-corrected chi connectivity index (χ3v) is 4.13. The molecule has 3 rings (SSSR count). The van der Waals surface area contributed by atoms with E-state index in [1.807, 2.05) is 13.0 Å². The van der Waals surface area contributed by atoms with Crippen molar-refractivity contribution in [3.05, 3.63) is 48.0 Å². The molecule has 0 aliphatic heterocycles. The molecule has 2 aromatic heterocycles. The van der Waals surface area contributed by atoms with Crippen LogP contribution in [0.1, 0.15) is 19.4 Å². The standard InChI is InChI=1S/C18H18FN3O/c1-11-6-14(4-5-16(11)19)15-7-18-17(20-8-15)9-21-22(18)10-12(2)13(3)23/h4-9,12H,10H2,1-3H3/t12-/m0/s1. The summed E-state index contributed by atoms with van der Waals surface area (Å²) in [7, 11) is 0. The Balaban J connectivity index is 2.03. The Morgan fingerprint density at radius 2 is 2.04 bits per heavy atom. The third-order valence-electron chi connectivity index (χ3n) is 4.13. The topological polar surface area (TPSA) is 47.8 Å². The van der Waals surface area contributed by atoms with E-state index < -0.39 is 0 Å². The van der Waals surface area contributed by atoms with Gasteiger partial charge in [0.1, 0.15) is 17.1 Å². The van der Waals surface area contributed by atoms with Gasteiger partial charge in [-0.2, -0.15) is 5.10 Å². The highest BCUT2D eigenvalue weighted by atomic mass is 19.1. The fraction of sp³-hybridized carbons (Fsp3) is 0.278. The number of ketones is 1. The molecule has 0 radical (unpaired) electrons. The second-order valence-corrected chi connectivity index (χ2v) is 5.93. The lowest BCUT2D eigenvalue weighted by molar-refractivity contribution is -0.120. The number of carbonyl (C=O) groups is 1. The second-order valence-electron chi connectivity index (χ2n) is 5.93. The van der Waals surface area contributed by atoms with Crippen molar-refractivity contribution in [3.63, 3.8) is 0 Å². The van der Waals surface area contributed by atoms with E-state index in [2.05, 4.69) is 10.1 Å². The summed E-state index contributed by atoms with van der Waals surface area (Å²) in [6, 6.07) is 6.99. The van der Waals surface area contributed by atoms with E-state index in [1.165, 1.54) is 6.07 Å². The number of hydrogen-bond acceptors (Lipinski definition) is 3. The number of carbonyl (C=O) groups excluding carboxylic acids is 1. The van der Waals surface area contributed by atoms with Gasteiger partial charge in [0.15, 0.2) is 0 Å². The molecular weight excluding hydrogens is 293 g/mol. The van der Waals surface area contributed by atoms with Gasteiger partial charge < -0.3 is 0 Å². The van der Waals surface area contributed by atoms with Crippen LogP contribution in [0.3, 0.4) is 0 Å². The first-order valence-corrected chi connectivity index (χ1v) is 7.54. The van der Waals surface area contributed by atoms with Crippen molar-refractivity contribution in [2.75, 3.05) is 0 Å². The van der Waals surface area contributed by atoms with E-state index in [0.717, 1.165) is 22.2 Å². The van der Waals surface area contributed by atoms with E-state index in [1.54, 1.807) is 43.1 Å². The largest absolute Gasteiger partial charge is 0.300 e. The zero-order chi connectivity index (χ0) is 16.6. The molecule has 4 nitrogen and oxygen atoms in total. The minimum Gasteiger partial charge on any atom is -0.300 e. The summed E-state index contributed by atoms with van der Waals surface area (Å²) >= 11 is 0. The van der Waals surface area contributed by atoms with Crippen LogP contribution in [0.5, 0.6) is 0 Å². The molecule has 118 valence electrons. The summed E-state index contributed by atoms with van der Waals surface area (Å²) in [6.07, 6.45) is 3.46. The van der Waals surface area contributed by atoms with Crippen LogP contribution in [-0.4, -0.2) is 20.5 Å². The van der Waals surface area contributed by atoms with Gasteiger partial charge in [-0.1, -0.05) is 13.0 Å². The number of Topliss-reactive ketones (excluding diaryl/α,β-unsaturated/α-hetero) is 1. The van der Waals surface area contributed by atoms with Gasteiger partial charge in [-0.25, -0.2) is 4.39 Å². The molecule has 0 N–H and O–H groups in total. The van der Waals surface area contributed by atoms with Crippen LogP contribution >= 0.6 is 0 Å². The molecule has 2 heterocycles. The molecule has 0 aliphatic carbocycles. The number of halogens is 1. The minimum atomic E-state index is -0.219. The van der Waals surface area contributed by atoms with Crippen molar-refractivity contribution in [2.45, 2.75) is 27.3 Å². The van der Waals surface area contributed by atoms with Gasteiger partial charge in [0, 0.05) is 17.7 Å². The summed E-state index contributed by atoms with van der Waals surface area (Å²) in [5.41, 5.74) is 4.06. The molecule has 1 atom stereocenters. The van der Waals surface area contributed by atoms with Gasteiger partial charge >= 0.3 is 0 Å². The molecule has 5 heteroatoms. The van der Waals surface area contributed by atoms with Gasteiger partial charge in [-0.3, -0.25) is 14.5 Å². The van der Waals surface area contributed by atoms with Crippen LogP contribution < -0.4 is 0 Å². The summed E-state index contributed by atoms with van der Waals surface area (Å²) in [4.78, 5) is 15.9. The van der Waals surface area contributed by atoms with Gasteiger partial charge in [0.05, 0.1) is 18.3 Å². The SMILES string of the molecule is CC(=O)[C@@H](C)Cn1ncc2ncc(-c3ccc(F)c(C)c3)cc21. The second kappa shape index (κ2) is 5.91. The number of aromatic nitrogens is 3. The molecule has 1 aromatic carbocycles. The van der Waals surface area contributed by atoms with Crippen molar-refractivity contribution in [1.82, 2.24) is 14.8 Å². The molecule has 3 aromatic rings. The quantitative estimate of drug-likeness (QED) is 0.737. The zero-order valence-electron chi connectivity index (χ0n) is 13.4. The number of hydrogen-bond donors (Lipinski definition) is 0. The molecule has 0 unspecified atom stereocenters. The van der Waals surface area contributed by atoms with Gasteiger partial charge in [0.25, 0.3) is 0 Å². The number of aryl methyl sites for hydroxylation is 1. The molecule has 0 spiro atoms. The van der Waals surface area contributed by atoms with Crippen LogP contribution in [-0.2, 0) is 11.3 Å². The van der Waals surface area contributed by atoms with E-state index in [4.69, 9.17) is 0 Å². The fourth-order valence-corrected chi connectivity index (χ4v) is 2.47. The van der Waals surface area contributed by atoms with Gasteiger partial charge in [0.2, 0.25) is 0 Å². The highest BCUT2D eigenvalue weighted by Gasteiger charge is 2.13. The van der Waals surface area contributed by atoms with Crippen LogP contribution in [0.2, 0.25) is 0 Å². The molecule has 23 heavy (non-hydrogen) atoms. The summed E-state index contributed by atoms with van der Waals surface area (Å²) in [6.45, 7) is 5.73. The Morgan fingerprint density at radius 1 is 1.26 bits per heavy atom. The van der Waals surface area contributed by atoms with Crippen LogP contribution in [0.15, 0.2) is 36.7 Å². The number of rotatable bonds is 4. The van der Waals surface area contributed by atoms with Crippen LogP contribution in [0.25, 0.3) is 22.2 Å². The molecular formula is C18H18FN3O. The Kier molecular flexibility index (Phi) is 3.94. The maximum atomic E-state index is 13.4. The monoisotopic (exact) mass is 311 g/mol. The summed E-state index contributed by atoms with van der Waals surface area (Å²) in [5, 5.41) is 4.33. The Hall–Kier alpha value is -2.56. The van der Waals surface area contributed by atoms with Crippen molar-refractivity contribution in [1.29, 1.82) is 0 Å². The molecule has 0 saturated carbocycles. The lowest BCUT2D eigenvalue weighted by atomic mass is 10.0. The summed E-state index contributed by atoms with van der Waals surface area (Å²) in [5.74, 6) is -0.190. The summed E-state index contributed by atoms with van der Waals surface area (Å²) < 4.78 is 15.2. The van der Waals surface area contributed by atoms with Crippen molar-refractivity contribution in [3.8, 4) is 11.1 Å². The smallest absolute Gasteiger partial charge is 0.134 e. The van der Waals surface area contributed by atoms with Crippen LogP contribution in [0.4, 0.5) is 4.39 Å². The highest BCUT2D eigenvalue weighted by Crippen LogP contribution is 2.24. The third kappa shape index (κ3) is 2.99. The van der Waals surface area contributed by atoms with Crippen molar-refractivity contribution < 1.29 is 9.18 Å². The first-order valence-electron chi connectivity index (χ1n) is 7.54. The Bertz CT molecular complexity index is 885. The lowest BCUT2D eigenvalue weighted by Crippen LogP contribution is -2.15. The highest BCUT2D eigenvalue weighted by molar-refractivity contribution is 5.81. The van der Waals surface area contributed by atoms with Crippen molar-refractivity contribution >= 4 is 16.8 Å². The Labute approximate surface area is 134 Å². The molecule has 0 aliphatic rings. The maximum absolute atomic E-state index is 13.4. The van der Waals surface area contributed by atoms with E-state index >= 15 is 0 Å². The molecule has 0 amide bonds. The molecule has 0 saturated heterocycles. The lowest BCUT2D eigenvalue weighted by Gasteiger charge is -2.09. The predicted molar refractivity (Wildman–Crippen MR) is 87.5 cm³/mol. The number of fused-ring (bicyclic) bond motifs is 1. The van der Waals surface area contributed by atoms with Gasteiger partial charge in [-0.05, 0) is 43.2 Å². The number of nitrogens with zero attached hydrogens (tertiary/aromatic N) is 3.